The summed E-state index contributed by atoms with van der Waals surface area (Å²) in [5.74, 6) is 0.529. The molecular weight excluding hydrogens is 358 g/mol. The SMILES string of the molecule is Nc1ccccc1OCCNS(=O)(=O)c1cncc(Br)c1. The summed E-state index contributed by atoms with van der Waals surface area (Å²) >= 11 is 3.18. The second kappa shape index (κ2) is 6.88. The summed E-state index contributed by atoms with van der Waals surface area (Å²) < 4.78 is 32.5. The van der Waals surface area contributed by atoms with Gasteiger partial charge in [0.2, 0.25) is 10.0 Å². The van der Waals surface area contributed by atoms with E-state index in [-0.39, 0.29) is 18.0 Å². The van der Waals surface area contributed by atoms with Gasteiger partial charge in [-0.2, -0.15) is 0 Å². The third-order valence-electron chi connectivity index (χ3n) is 2.56. The largest absolute Gasteiger partial charge is 0.490 e. The van der Waals surface area contributed by atoms with Crippen molar-refractivity contribution in [3.63, 3.8) is 0 Å². The molecule has 1 aromatic carbocycles. The van der Waals surface area contributed by atoms with Crippen molar-refractivity contribution < 1.29 is 13.2 Å². The van der Waals surface area contributed by atoms with E-state index in [0.29, 0.717) is 15.9 Å². The van der Waals surface area contributed by atoms with Crippen molar-refractivity contribution in [2.75, 3.05) is 18.9 Å². The molecule has 1 heterocycles. The number of nitrogens with zero attached hydrogens (tertiary/aromatic N) is 1. The van der Waals surface area contributed by atoms with Crippen LogP contribution in [0.15, 0.2) is 52.1 Å². The van der Waals surface area contributed by atoms with Crippen LogP contribution in [0.2, 0.25) is 0 Å². The Bertz CT molecular complexity index is 722. The first-order valence-corrected chi connectivity index (χ1v) is 8.34. The minimum Gasteiger partial charge on any atom is -0.490 e. The minimum absolute atomic E-state index is 0.0936. The molecule has 1 aromatic heterocycles. The van der Waals surface area contributed by atoms with E-state index in [1.165, 1.54) is 18.5 Å². The average molecular weight is 372 g/mol. The van der Waals surface area contributed by atoms with Gasteiger partial charge in [-0.15, -0.1) is 0 Å². The number of rotatable bonds is 6. The molecule has 3 N–H and O–H groups in total. The summed E-state index contributed by atoms with van der Waals surface area (Å²) in [5, 5.41) is 0. The lowest BCUT2D eigenvalue weighted by molar-refractivity contribution is 0.324. The summed E-state index contributed by atoms with van der Waals surface area (Å²) in [6.07, 6.45) is 2.80. The van der Waals surface area contributed by atoms with E-state index >= 15 is 0 Å². The maximum absolute atomic E-state index is 12.0. The molecule has 0 aliphatic rings. The first-order valence-electron chi connectivity index (χ1n) is 6.06. The summed E-state index contributed by atoms with van der Waals surface area (Å²) in [5.41, 5.74) is 6.23. The van der Waals surface area contributed by atoms with Crippen LogP contribution in [0.25, 0.3) is 0 Å². The number of pyridine rings is 1. The third kappa shape index (κ3) is 4.42. The number of aromatic nitrogens is 1. The fourth-order valence-corrected chi connectivity index (χ4v) is 3.09. The van der Waals surface area contributed by atoms with Crippen molar-refractivity contribution in [3.8, 4) is 5.75 Å². The number of nitrogens with one attached hydrogen (secondary N) is 1. The zero-order chi connectivity index (χ0) is 15.3. The summed E-state index contributed by atoms with van der Waals surface area (Å²) in [7, 11) is -3.60. The van der Waals surface area contributed by atoms with Gasteiger partial charge >= 0.3 is 0 Å². The number of para-hydroxylation sites is 2. The van der Waals surface area contributed by atoms with E-state index in [9.17, 15) is 8.42 Å². The van der Waals surface area contributed by atoms with Gasteiger partial charge in [0, 0.05) is 23.4 Å². The average Bonchev–Trinajstić information content (AvgIpc) is 2.45. The van der Waals surface area contributed by atoms with E-state index in [4.69, 9.17) is 10.5 Å². The Labute approximate surface area is 131 Å². The van der Waals surface area contributed by atoms with Crippen LogP contribution >= 0.6 is 15.9 Å². The molecule has 0 bridgehead atoms. The van der Waals surface area contributed by atoms with Crippen LogP contribution in [-0.4, -0.2) is 26.6 Å². The van der Waals surface area contributed by atoms with Crippen LogP contribution in [0, 0.1) is 0 Å². The number of hydrogen-bond donors (Lipinski definition) is 2. The molecule has 0 unspecified atom stereocenters. The summed E-state index contributed by atoms with van der Waals surface area (Å²) in [6.45, 7) is 0.304. The maximum Gasteiger partial charge on any atom is 0.242 e. The number of nitrogen functional groups attached to an aromatic ring is 1. The molecule has 0 radical (unpaired) electrons. The normalized spacial score (nSPS) is 11.3. The lowest BCUT2D eigenvalue weighted by Crippen LogP contribution is -2.28. The molecule has 6 nitrogen and oxygen atoms in total. The molecule has 0 atom stereocenters. The molecule has 112 valence electrons. The first kappa shape index (κ1) is 15.7. The molecule has 0 saturated heterocycles. The Balaban J connectivity index is 1.90. The highest BCUT2D eigenvalue weighted by molar-refractivity contribution is 9.10. The number of halogens is 1. The Kier molecular flexibility index (Phi) is 5.16. The number of nitrogens with two attached hydrogens (primary N) is 1. The number of sulfonamides is 1. The van der Waals surface area contributed by atoms with Gasteiger partial charge in [0.25, 0.3) is 0 Å². The molecule has 0 spiro atoms. The van der Waals surface area contributed by atoms with Gasteiger partial charge in [-0.25, -0.2) is 13.1 Å². The number of ether oxygens (including phenoxy) is 1. The highest BCUT2D eigenvalue weighted by atomic mass is 79.9. The fraction of sp³-hybridized carbons (Fsp3) is 0.154. The van der Waals surface area contributed by atoms with Crippen LogP contribution < -0.4 is 15.2 Å². The predicted octanol–water partition coefficient (Wildman–Crippen LogP) is 1.78. The van der Waals surface area contributed by atoms with Crippen molar-refractivity contribution in [1.29, 1.82) is 0 Å². The third-order valence-corrected chi connectivity index (χ3v) is 4.42. The van der Waals surface area contributed by atoms with Crippen LogP contribution in [0.1, 0.15) is 0 Å². The van der Waals surface area contributed by atoms with Crippen molar-refractivity contribution in [2.24, 2.45) is 0 Å². The van der Waals surface area contributed by atoms with Gasteiger partial charge in [0.05, 0.1) is 5.69 Å². The molecule has 2 rings (SSSR count). The van der Waals surface area contributed by atoms with Crippen LogP contribution in [-0.2, 0) is 10.0 Å². The monoisotopic (exact) mass is 371 g/mol. The zero-order valence-corrected chi connectivity index (χ0v) is 13.4. The predicted molar refractivity (Wildman–Crippen MR) is 83.5 cm³/mol. The Hall–Kier alpha value is -1.64. The molecule has 0 saturated carbocycles. The fourth-order valence-electron chi connectivity index (χ4n) is 1.57. The highest BCUT2D eigenvalue weighted by Crippen LogP contribution is 2.19. The van der Waals surface area contributed by atoms with Crippen molar-refractivity contribution >= 4 is 31.6 Å². The molecule has 21 heavy (non-hydrogen) atoms. The Morgan fingerprint density at radius 2 is 2.05 bits per heavy atom. The van der Waals surface area contributed by atoms with Crippen molar-refractivity contribution in [1.82, 2.24) is 9.71 Å². The summed E-state index contributed by atoms with van der Waals surface area (Å²) in [4.78, 5) is 3.92. The number of hydrogen-bond acceptors (Lipinski definition) is 5. The second-order valence-electron chi connectivity index (χ2n) is 4.12. The van der Waals surface area contributed by atoms with Gasteiger partial charge in [0.1, 0.15) is 17.3 Å². The van der Waals surface area contributed by atoms with Gasteiger partial charge in [-0.05, 0) is 34.1 Å². The molecule has 0 aliphatic carbocycles. The van der Waals surface area contributed by atoms with Crippen LogP contribution in [0.3, 0.4) is 0 Å². The van der Waals surface area contributed by atoms with Crippen LogP contribution in [0.5, 0.6) is 5.75 Å². The Morgan fingerprint density at radius 1 is 1.29 bits per heavy atom. The van der Waals surface area contributed by atoms with E-state index < -0.39 is 10.0 Å². The summed E-state index contributed by atoms with van der Waals surface area (Å²) in [6, 6.07) is 8.51. The van der Waals surface area contributed by atoms with E-state index in [1.807, 2.05) is 0 Å². The van der Waals surface area contributed by atoms with E-state index in [2.05, 4.69) is 25.6 Å². The highest BCUT2D eigenvalue weighted by Gasteiger charge is 2.14. The van der Waals surface area contributed by atoms with Crippen molar-refractivity contribution in [3.05, 3.63) is 47.2 Å². The smallest absolute Gasteiger partial charge is 0.242 e. The van der Waals surface area contributed by atoms with E-state index in [1.54, 1.807) is 24.3 Å². The maximum atomic E-state index is 12.0. The lowest BCUT2D eigenvalue weighted by Gasteiger charge is -2.10. The molecule has 0 aliphatic heterocycles. The first-order chi connectivity index (χ1) is 9.99. The zero-order valence-electron chi connectivity index (χ0n) is 11.0. The molecular formula is C13H14BrN3O3S. The van der Waals surface area contributed by atoms with Crippen LogP contribution in [0.4, 0.5) is 5.69 Å². The van der Waals surface area contributed by atoms with Crippen molar-refractivity contribution in [2.45, 2.75) is 4.90 Å². The topological polar surface area (TPSA) is 94.3 Å². The molecule has 8 heteroatoms. The molecule has 0 fully saturated rings. The standard InChI is InChI=1S/C13H14BrN3O3S/c14-10-7-11(9-16-8-10)21(18,19)17-5-6-20-13-4-2-1-3-12(13)15/h1-4,7-9,17H,5-6,15H2. The Morgan fingerprint density at radius 3 is 2.76 bits per heavy atom. The van der Waals surface area contributed by atoms with Gasteiger partial charge in [0.15, 0.2) is 0 Å². The number of benzene rings is 1. The van der Waals surface area contributed by atoms with Gasteiger partial charge in [-0.1, -0.05) is 12.1 Å². The second-order valence-corrected chi connectivity index (χ2v) is 6.81. The quantitative estimate of drug-likeness (QED) is 0.596. The molecule has 0 amide bonds. The van der Waals surface area contributed by atoms with Gasteiger partial charge in [-0.3, -0.25) is 4.98 Å². The molecule has 2 aromatic rings. The van der Waals surface area contributed by atoms with Gasteiger partial charge < -0.3 is 10.5 Å². The lowest BCUT2D eigenvalue weighted by atomic mass is 10.3. The number of anilines is 1. The van der Waals surface area contributed by atoms with E-state index in [0.717, 1.165) is 0 Å². The minimum atomic E-state index is -3.60.